The molecule has 2 aromatic carbocycles. The van der Waals surface area contributed by atoms with Crippen LogP contribution in [0.3, 0.4) is 0 Å². The second-order valence-electron chi connectivity index (χ2n) is 7.89. The summed E-state index contributed by atoms with van der Waals surface area (Å²) in [6.45, 7) is 3.68. The first-order valence-corrected chi connectivity index (χ1v) is 10.8. The van der Waals surface area contributed by atoms with Crippen molar-refractivity contribution in [3.63, 3.8) is 0 Å². The molecule has 0 unspecified atom stereocenters. The predicted octanol–water partition coefficient (Wildman–Crippen LogP) is 5.62. The van der Waals surface area contributed by atoms with Crippen molar-refractivity contribution in [3.05, 3.63) is 70.2 Å². The average molecular weight is 511 g/mol. The maximum atomic E-state index is 12.7. The highest BCUT2D eigenvalue weighted by Crippen LogP contribution is 2.38. The van der Waals surface area contributed by atoms with Crippen molar-refractivity contribution in [2.75, 3.05) is 7.11 Å². The third-order valence-electron chi connectivity index (χ3n) is 5.62. The fraction of sp³-hybridized carbons (Fsp3) is 0.192. The molecule has 0 saturated heterocycles. The molecule has 5 rings (SSSR count). The topological polar surface area (TPSA) is 92.5 Å². The lowest BCUT2D eigenvalue weighted by Crippen LogP contribution is -2.17. The lowest BCUT2D eigenvalue weighted by Gasteiger charge is -2.12. The number of nitrogens with zero attached hydrogens (tertiary/aromatic N) is 3. The molecule has 3 aromatic heterocycles. The highest BCUT2D eigenvalue weighted by molar-refractivity contribution is 6.04. The van der Waals surface area contributed by atoms with Gasteiger partial charge < -0.3 is 18.4 Å². The number of benzene rings is 2. The molecule has 0 N–H and O–H groups in total. The fourth-order valence-corrected chi connectivity index (χ4v) is 4.13. The smallest absolute Gasteiger partial charge is 0.496 e. The maximum absolute atomic E-state index is 12.7. The van der Waals surface area contributed by atoms with Gasteiger partial charge in [0.05, 0.1) is 36.6 Å². The summed E-state index contributed by atoms with van der Waals surface area (Å²) in [6, 6.07) is 8.87. The van der Waals surface area contributed by atoms with Crippen molar-refractivity contribution < 1.29 is 31.6 Å². The Kier molecular flexibility index (Phi) is 6.68. The minimum atomic E-state index is -4.79. The van der Waals surface area contributed by atoms with Gasteiger partial charge in [0.15, 0.2) is 5.58 Å². The standard InChI is InChI=1S/C24H18F3N3O5.C2H2/c1-12-21(13(2)35-29-12)17-8-18-16(9-19(17)32-3)22-20(10-28-18)33-23(31)30(22)11-14-4-6-15(7-5-14)34-24(25,26)27;1-2/h4-10H,11H2,1-3H3;1-2H. The molecule has 0 saturated carbocycles. The van der Waals surface area contributed by atoms with E-state index in [1.165, 1.54) is 42.1 Å². The molecule has 0 radical (unpaired) electrons. The summed E-state index contributed by atoms with van der Waals surface area (Å²) >= 11 is 0. The third kappa shape index (κ3) is 4.86. The SMILES string of the molecule is C#C.COc1cc2c(cc1-c1c(C)noc1C)ncc1oc(=O)n(Cc3ccc(OC(F)(F)F)cc3)c12. The zero-order chi connectivity index (χ0) is 26.9. The van der Waals surface area contributed by atoms with Crippen LogP contribution in [0, 0.1) is 26.7 Å². The van der Waals surface area contributed by atoms with E-state index in [0.717, 1.165) is 11.1 Å². The summed E-state index contributed by atoms with van der Waals surface area (Å²) in [7, 11) is 1.53. The molecule has 8 nitrogen and oxygen atoms in total. The Morgan fingerprint density at radius 3 is 2.41 bits per heavy atom. The summed E-state index contributed by atoms with van der Waals surface area (Å²) in [6.07, 6.45) is 4.67. The molecule has 0 bridgehead atoms. The van der Waals surface area contributed by atoms with Crippen molar-refractivity contribution in [1.29, 1.82) is 0 Å². The number of ether oxygens (including phenoxy) is 2. The van der Waals surface area contributed by atoms with Crippen LogP contribution in [-0.4, -0.2) is 28.2 Å². The second kappa shape index (κ2) is 9.73. The molecule has 0 aliphatic carbocycles. The number of alkyl halides is 3. The van der Waals surface area contributed by atoms with Crippen LogP contribution >= 0.6 is 0 Å². The van der Waals surface area contributed by atoms with Crippen LogP contribution in [-0.2, 0) is 6.54 Å². The molecule has 11 heteroatoms. The van der Waals surface area contributed by atoms with Crippen molar-refractivity contribution in [2.24, 2.45) is 0 Å². The van der Waals surface area contributed by atoms with Gasteiger partial charge in [0.25, 0.3) is 0 Å². The van der Waals surface area contributed by atoms with Crippen LogP contribution in [0.4, 0.5) is 13.2 Å². The van der Waals surface area contributed by atoms with Crippen LogP contribution in [0.5, 0.6) is 11.5 Å². The van der Waals surface area contributed by atoms with Crippen LogP contribution in [0.1, 0.15) is 17.0 Å². The predicted molar refractivity (Wildman–Crippen MR) is 129 cm³/mol. The Bertz CT molecular complexity index is 1640. The van der Waals surface area contributed by atoms with Gasteiger partial charge in [-0.05, 0) is 43.7 Å². The maximum Gasteiger partial charge on any atom is 0.573 e. The largest absolute Gasteiger partial charge is 0.573 e. The van der Waals surface area contributed by atoms with Crippen molar-refractivity contribution in [3.8, 4) is 35.5 Å². The van der Waals surface area contributed by atoms with Gasteiger partial charge in [-0.15, -0.1) is 26.0 Å². The van der Waals surface area contributed by atoms with Gasteiger partial charge in [-0.2, -0.15) is 0 Å². The summed E-state index contributed by atoms with van der Waals surface area (Å²) in [5, 5.41) is 4.61. The zero-order valence-corrected chi connectivity index (χ0v) is 19.9. The van der Waals surface area contributed by atoms with Gasteiger partial charge in [0.1, 0.15) is 22.8 Å². The van der Waals surface area contributed by atoms with Crippen molar-refractivity contribution in [2.45, 2.75) is 26.8 Å². The average Bonchev–Trinajstić information content (AvgIpc) is 3.37. The van der Waals surface area contributed by atoms with Gasteiger partial charge >= 0.3 is 12.1 Å². The Balaban J connectivity index is 0.00000156. The number of fused-ring (bicyclic) bond motifs is 3. The first-order chi connectivity index (χ1) is 17.6. The van der Waals surface area contributed by atoms with E-state index < -0.39 is 12.1 Å². The molecule has 0 amide bonds. The number of aromatic nitrogens is 3. The van der Waals surface area contributed by atoms with E-state index in [9.17, 15) is 18.0 Å². The van der Waals surface area contributed by atoms with Crippen molar-refractivity contribution in [1.82, 2.24) is 14.7 Å². The minimum Gasteiger partial charge on any atom is -0.496 e. The molecule has 0 atom stereocenters. The first kappa shape index (κ1) is 25.4. The van der Waals surface area contributed by atoms with E-state index in [0.29, 0.717) is 39.2 Å². The number of halogens is 3. The van der Waals surface area contributed by atoms with E-state index >= 15 is 0 Å². The molecule has 37 heavy (non-hydrogen) atoms. The Labute approximate surface area is 208 Å². The number of aryl methyl sites for hydroxylation is 2. The van der Waals surface area contributed by atoms with Crippen molar-refractivity contribution >= 4 is 22.0 Å². The van der Waals surface area contributed by atoms with Crippen LogP contribution < -0.4 is 15.2 Å². The van der Waals surface area contributed by atoms with E-state index in [1.54, 1.807) is 13.0 Å². The van der Waals surface area contributed by atoms with Gasteiger partial charge in [0, 0.05) is 10.9 Å². The molecule has 0 fully saturated rings. The lowest BCUT2D eigenvalue weighted by molar-refractivity contribution is -0.274. The number of pyridine rings is 1. The zero-order valence-electron chi connectivity index (χ0n) is 19.9. The number of terminal acetylenes is 1. The molecule has 5 aromatic rings. The van der Waals surface area contributed by atoms with Crippen LogP contribution in [0.2, 0.25) is 0 Å². The Morgan fingerprint density at radius 2 is 1.81 bits per heavy atom. The normalized spacial score (nSPS) is 11.4. The number of oxazole rings is 1. The Hall–Kier alpha value is -4.72. The van der Waals surface area contributed by atoms with E-state index in [4.69, 9.17) is 13.7 Å². The molecule has 0 aliphatic heterocycles. The second-order valence-corrected chi connectivity index (χ2v) is 7.89. The quantitative estimate of drug-likeness (QED) is 0.283. The summed E-state index contributed by atoms with van der Waals surface area (Å²) in [5.41, 5.74) is 4.13. The van der Waals surface area contributed by atoms with E-state index in [2.05, 4.69) is 27.7 Å². The molecule has 3 heterocycles. The lowest BCUT2D eigenvalue weighted by atomic mass is 10.0. The van der Waals surface area contributed by atoms with Crippen LogP contribution in [0.15, 0.2) is 56.3 Å². The summed E-state index contributed by atoms with van der Waals surface area (Å²) in [4.78, 5) is 17.1. The molecule has 190 valence electrons. The monoisotopic (exact) mass is 511 g/mol. The highest BCUT2D eigenvalue weighted by Gasteiger charge is 2.31. The van der Waals surface area contributed by atoms with Gasteiger partial charge in [-0.3, -0.25) is 9.55 Å². The summed E-state index contributed by atoms with van der Waals surface area (Å²) < 4.78 is 59.0. The summed E-state index contributed by atoms with van der Waals surface area (Å²) in [5.74, 6) is 0.171. The van der Waals surface area contributed by atoms with E-state index in [1.807, 2.05) is 13.0 Å². The number of hydrogen-bond acceptors (Lipinski definition) is 7. The number of rotatable bonds is 5. The minimum absolute atomic E-state index is 0.0607. The number of methoxy groups -OCH3 is 1. The molecule has 0 spiro atoms. The number of hydrogen-bond donors (Lipinski definition) is 0. The van der Waals surface area contributed by atoms with Crippen LogP contribution in [0.25, 0.3) is 33.1 Å². The first-order valence-electron chi connectivity index (χ1n) is 10.8. The molecule has 0 aliphatic rings. The van der Waals surface area contributed by atoms with Gasteiger partial charge in [-0.25, -0.2) is 4.79 Å². The van der Waals surface area contributed by atoms with Gasteiger partial charge in [-0.1, -0.05) is 17.3 Å². The molecular formula is C26H20F3N3O5. The highest BCUT2D eigenvalue weighted by atomic mass is 19.4. The van der Waals surface area contributed by atoms with E-state index in [-0.39, 0.29) is 17.9 Å². The molecular weight excluding hydrogens is 491 g/mol. The fourth-order valence-electron chi connectivity index (χ4n) is 4.13. The van der Waals surface area contributed by atoms with Gasteiger partial charge in [0.2, 0.25) is 0 Å². The third-order valence-corrected chi connectivity index (χ3v) is 5.62. The Morgan fingerprint density at radius 1 is 1.11 bits per heavy atom.